The zero-order valence-corrected chi connectivity index (χ0v) is 18.6. The van der Waals surface area contributed by atoms with Gasteiger partial charge in [0.2, 0.25) is 5.91 Å². The van der Waals surface area contributed by atoms with E-state index in [1.165, 1.54) is 5.56 Å². The van der Waals surface area contributed by atoms with Crippen molar-refractivity contribution in [2.24, 2.45) is 0 Å². The summed E-state index contributed by atoms with van der Waals surface area (Å²) in [4.78, 5) is 31.3. The minimum atomic E-state index is -0.150. The van der Waals surface area contributed by atoms with Gasteiger partial charge in [0.05, 0.1) is 0 Å². The van der Waals surface area contributed by atoms with Gasteiger partial charge in [-0.05, 0) is 41.8 Å². The van der Waals surface area contributed by atoms with Gasteiger partial charge in [-0.25, -0.2) is 4.79 Å². The number of urea groups is 1. The number of hydrogen-bond acceptors (Lipinski definition) is 2. The maximum Gasteiger partial charge on any atom is 0.325 e. The number of rotatable bonds is 8. The molecule has 0 saturated carbocycles. The van der Waals surface area contributed by atoms with Gasteiger partial charge in [0.1, 0.15) is 6.54 Å². The van der Waals surface area contributed by atoms with Crippen LogP contribution in [-0.2, 0) is 17.8 Å². The van der Waals surface area contributed by atoms with Crippen LogP contribution in [-0.4, -0.2) is 47.9 Å². The third kappa shape index (κ3) is 5.48. The summed E-state index contributed by atoms with van der Waals surface area (Å²) in [6.45, 7) is 2.27. The lowest BCUT2D eigenvalue weighted by Crippen LogP contribution is -2.42. The van der Waals surface area contributed by atoms with Crippen molar-refractivity contribution in [1.29, 1.82) is 0 Å². The number of carbonyl (C=O) groups is 2. The van der Waals surface area contributed by atoms with E-state index in [0.29, 0.717) is 31.2 Å². The molecule has 3 aromatic rings. The maximum atomic E-state index is 13.3. The fourth-order valence-electron chi connectivity index (χ4n) is 3.86. The average Bonchev–Trinajstić information content (AvgIpc) is 3.18. The summed E-state index contributed by atoms with van der Waals surface area (Å²) >= 11 is 5.96. The number of amides is 3. The summed E-state index contributed by atoms with van der Waals surface area (Å²) in [6.07, 6.45) is 0.768. The van der Waals surface area contributed by atoms with Crippen LogP contribution in [0.1, 0.15) is 11.1 Å². The Kier molecular flexibility index (Phi) is 7.07. The highest BCUT2D eigenvalue weighted by molar-refractivity contribution is 6.30. The molecule has 5 nitrogen and oxygen atoms in total. The van der Waals surface area contributed by atoms with Gasteiger partial charge in [0.25, 0.3) is 0 Å². The lowest BCUT2D eigenvalue weighted by molar-refractivity contribution is -0.132. The highest BCUT2D eigenvalue weighted by Crippen LogP contribution is 2.22. The van der Waals surface area contributed by atoms with E-state index in [9.17, 15) is 9.59 Å². The number of benzene rings is 3. The lowest BCUT2D eigenvalue weighted by Gasteiger charge is -2.26. The topological polar surface area (TPSA) is 43.9 Å². The second-order valence-corrected chi connectivity index (χ2v) is 8.31. The molecule has 0 atom stereocenters. The molecule has 0 radical (unpaired) electrons. The largest absolute Gasteiger partial charge is 0.337 e. The van der Waals surface area contributed by atoms with Gasteiger partial charge >= 0.3 is 6.03 Å². The Balaban J connectivity index is 1.43. The van der Waals surface area contributed by atoms with Crippen LogP contribution >= 0.6 is 11.6 Å². The van der Waals surface area contributed by atoms with Gasteiger partial charge in [-0.1, -0.05) is 72.3 Å². The third-order valence-electron chi connectivity index (χ3n) is 5.64. The Morgan fingerprint density at radius 1 is 0.844 bits per heavy atom. The molecule has 0 unspecified atom stereocenters. The van der Waals surface area contributed by atoms with Gasteiger partial charge in [-0.15, -0.1) is 0 Å². The van der Waals surface area contributed by atoms with Gasteiger partial charge in [0, 0.05) is 36.9 Å². The van der Waals surface area contributed by atoms with Crippen molar-refractivity contribution in [2.45, 2.75) is 13.0 Å². The van der Waals surface area contributed by atoms with Crippen LogP contribution in [0.4, 0.5) is 10.5 Å². The van der Waals surface area contributed by atoms with E-state index in [1.807, 2.05) is 65.6 Å². The fourth-order valence-corrected chi connectivity index (χ4v) is 3.98. The summed E-state index contributed by atoms with van der Waals surface area (Å²) in [5.74, 6) is -0.0453. The second-order valence-electron chi connectivity index (χ2n) is 7.87. The molecule has 32 heavy (non-hydrogen) atoms. The molecular formula is C26H26ClN3O2. The molecule has 3 aromatic carbocycles. The van der Waals surface area contributed by atoms with Crippen molar-refractivity contribution >= 4 is 29.2 Å². The average molecular weight is 448 g/mol. The number of halogens is 1. The molecule has 0 aromatic heterocycles. The van der Waals surface area contributed by atoms with Crippen molar-refractivity contribution in [3.8, 4) is 0 Å². The third-order valence-corrected chi connectivity index (χ3v) is 5.89. The molecule has 1 saturated heterocycles. The Morgan fingerprint density at radius 3 is 2.12 bits per heavy atom. The van der Waals surface area contributed by atoms with Crippen molar-refractivity contribution in [3.63, 3.8) is 0 Å². The SMILES string of the molecule is O=C(CN1CCN(c2ccc(Cl)cc2)C1=O)N(CCc1ccccc1)Cc1ccccc1. The lowest BCUT2D eigenvalue weighted by atomic mass is 10.1. The van der Waals surface area contributed by atoms with Gasteiger partial charge < -0.3 is 9.80 Å². The standard InChI is InChI=1S/C26H26ClN3O2/c27-23-11-13-24(14-12-23)30-18-17-29(26(30)32)20-25(31)28(19-22-9-5-2-6-10-22)16-15-21-7-3-1-4-8-21/h1-14H,15-20H2. The molecule has 1 aliphatic rings. The molecule has 6 heteroatoms. The predicted molar refractivity (Wildman–Crippen MR) is 128 cm³/mol. The smallest absolute Gasteiger partial charge is 0.325 e. The number of hydrogen-bond donors (Lipinski definition) is 0. The van der Waals surface area contributed by atoms with E-state index in [1.54, 1.807) is 21.9 Å². The molecule has 164 valence electrons. The van der Waals surface area contributed by atoms with E-state index in [0.717, 1.165) is 17.7 Å². The maximum absolute atomic E-state index is 13.3. The number of anilines is 1. The Morgan fingerprint density at radius 2 is 1.47 bits per heavy atom. The molecule has 0 spiro atoms. The van der Waals surface area contributed by atoms with Gasteiger partial charge in [-0.3, -0.25) is 9.69 Å². The van der Waals surface area contributed by atoms with E-state index in [2.05, 4.69) is 12.1 Å². The molecule has 1 aliphatic heterocycles. The molecule has 1 heterocycles. The van der Waals surface area contributed by atoms with Gasteiger partial charge in [0.15, 0.2) is 0 Å². The van der Waals surface area contributed by atoms with Crippen LogP contribution in [0.15, 0.2) is 84.9 Å². The van der Waals surface area contributed by atoms with E-state index in [-0.39, 0.29) is 18.5 Å². The molecule has 0 N–H and O–H groups in total. The first-order chi connectivity index (χ1) is 15.6. The van der Waals surface area contributed by atoms with Crippen LogP contribution < -0.4 is 4.90 Å². The molecule has 0 aliphatic carbocycles. The van der Waals surface area contributed by atoms with E-state index >= 15 is 0 Å². The summed E-state index contributed by atoms with van der Waals surface area (Å²) in [5.41, 5.74) is 3.05. The quantitative estimate of drug-likeness (QED) is 0.495. The second kappa shape index (κ2) is 10.3. The summed E-state index contributed by atoms with van der Waals surface area (Å²) in [6, 6.07) is 27.1. The van der Waals surface area contributed by atoms with Crippen molar-refractivity contribution in [3.05, 3.63) is 101 Å². The van der Waals surface area contributed by atoms with Crippen molar-refractivity contribution in [2.75, 3.05) is 31.1 Å². The normalized spacial score (nSPS) is 13.5. The van der Waals surface area contributed by atoms with Crippen LogP contribution in [0.2, 0.25) is 5.02 Å². The van der Waals surface area contributed by atoms with Crippen LogP contribution in [0.25, 0.3) is 0 Å². The number of carbonyl (C=O) groups excluding carboxylic acids is 2. The Bertz CT molecular complexity index is 1040. The summed E-state index contributed by atoms with van der Waals surface area (Å²) < 4.78 is 0. The van der Waals surface area contributed by atoms with Gasteiger partial charge in [-0.2, -0.15) is 0 Å². The Hall–Kier alpha value is -3.31. The van der Waals surface area contributed by atoms with Crippen molar-refractivity contribution in [1.82, 2.24) is 9.80 Å². The van der Waals surface area contributed by atoms with Crippen molar-refractivity contribution < 1.29 is 9.59 Å². The molecule has 0 bridgehead atoms. The zero-order valence-electron chi connectivity index (χ0n) is 17.9. The van der Waals surface area contributed by atoms with Crippen LogP contribution in [0, 0.1) is 0 Å². The van der Waals surface area contributed by atoms with E-state index < -0.39 is 0 Å². The zero-order chi connectivity index (χ0) is 22.3. The molecular weight excluding hydrogens is 422 g/mol. The monoisotopic (exact) mass is 447 g/mol. The summed E-state index contributed by atoms with van der Waals surface area (Å²) in [5, 5.41) is 0.627. The molecule has 4 rings (SSSR count). The molecule has 1 fully saturated rings. The predicted octanol–water partition coefficient (Wildman–Crippen LogP) is 4.85. The minimum absolute atomic E-state index is 0.0453. The van der Waals surface area contributed by atoms with Crippen LogP contribution in [0.5, 0.6) is 0 Å². The highest BCUT2D eigenvalue weighted by Gasteiger charge is 2.32. The molecule has 3 amide bonds. The number of nitrogens with zero attached hydrogens (tertiary/aromatic N) is 3. The minimum Gasteiger partial charge on any atom is -0.337 e. The first-order valence-electron chi connectivity index (χ1n) is 10.8. The summed E-state index contributed by atoms with van der Waals surface area (Å²) in [7, 11) is 0. The van der Waals surface area contributed by atoms with Crippen LogP contribution in [0.3, 0.4) is 0 Å². The first kappa shape index (κ1) is 21.9. The highest BCUT2D eigenvalue weighted by atomic mass is 35.5. The van der Waals surface area contributed by atoms with E-state index in [4.69, 9.17) is 11.6 Å². The fraction of sp³-hybridized carbons (Fsp3) is 0.231. The Labute approximate surface area is 193 Å². The first-order valence-corrected chi connectivity index (χ1v) is 11.2.